The van der Waals surface area contributed by atoms with Gasteiger partial charge in [0.2, 0.25) is 0 Å². The second-order valence-electron chi connectivity index (χ2n) is 7.21. The van der Waals surface area contributed by atoms with Gasteiger partial charge in [0.25, 0.3) is 0 Å². The average Bonchev–Trinajstić information content (AvgIpc) is 2.61. The van der Waals surface area contributed by atoms with Crippen LogP contribution in [0.2, 0.25) is 0 Å². The molecular weight excluding hydrogens is 421 g/mol. The summed E-state index contributed by atoms with van der Waals surface area (Å²) in [5.74, 6) is 1.63. The minimum atomic E-state index is -0.821. The van der Waals surface area contributed by atoms with E-state index in [1.54, 1.807) is 24.3 Å². The predicted molar refractivity (Wildman–Crippen MR) is 103 cm³/mol. The molecule has 1 aliphatic rings. The smallest absolute Gasteiger partial charge is 0.395 e. The monoisotopic (exact) mass is 438 g/mol. The Bertz CT molecular complexity index is 931. The molecule has 3 rings (SSSR count). The molecule has 0 amide bonds. The lowest BCUT2D eigenvalue weighted by molar-refractivity contribution is 0.0311. The van der Waals surface area contributed by atoms with E-state index < -0.39 is 31.7 Å². The van der Waals surface area contributed by atoms with Crippen molar-refractivity contribution in [3.63, 3.8) is 0 Å². The zero-order chi connectivity index (χ0) is 20.4. The highest BCUT2D eigenvalue weighted by Gasteiger charge is 2.44. The van der Waals surface area contributed by atoms with E-state index in [1.807, 2.05) is 13.0 Å². The Hall–Kier alpha value is -2.06. The summed E-state index contributed by atoms with van der Waals surface area (Å²) in [6.07, 6.45) is 0.610. The maximum absolute atomic E-state index is 11.1. The fraction of sp³-hybridized carbons (Fsp3) is 0.333. The Morgan fingerprint density at radius 1 is 0.821 bits per heavy atom. The van der Waals surface area contributed by atoms with Crippen molar-refractivity contribution in [1.82, 2.24) is 0 Å². The van der Waals surface area contributed by atoms with E-state index in [0.717, 1.165) is 5.56 Å². The van der Waals surface area contributed by atoms with Crippen LogP contribution in [0, 0.1) is 0 Å². The Balaban J connectivity index is 2.09. The first-order chi connectivity index (χ1) is 13.3. The van der Waals surface area contributed by atoms with Crippen molar-refractivity contribution in [1.29, 1.82) is 0 Å². The zero-order valence-corrected chi connectivity index (χ0v) is 18.1. The molecule has 0 saturated carbocycles. The van der Waals surface area contributed by atoms with E-state index in [-0.39, 0.29) is 5.41 Å². The molecule has 2 aromatic carbocycles. The summed E-state index contributed by atoms with van der Waals surface area (Å²) < 4.78 is 54.2. The summed E-state index contributed by atoms with van der Waals surface area (Å²) in [5.41, 5.74) is 0.579. The minimum absolute atomic E-state index is 0.259. The third-order valence-corrected chi connectivity index (χ3v) is 5.58. The van der Waals surface area contributed by atoms with Gasteiger partial charge in [-0.05, 0) is 30.5 Å². The molecule has 0 aliphatic carbocycles. The van der Waals surface area contributed by atoms with Gasteiger partial charge in [-0.3, -0.25) is 0 Å². The molecule has 1 aliphatic heterocycles. The van der Waals surface area contributed by atoms with Crippen molar-refractivity contribution in [2.24, 2.45) is 0 Å². The van der Waals surface area contributed by atoms with Crippen molar-refractivity contribution in [3.8, 4) is 23.0 Å². The summed E-state index contributed by atoms with van der Waals surface area (Å²) in [4.78, 5) is 0. The Labute approximate surface area is 167 Å². The summed E-state index contributed by atoms with van der Waals surface area (Å²) in [6, 6.07) is 10.2. The summed E-state index contributed by atoms with van der Waals surface area (Å²) in [7, 11) is -1.48. The highest BCUT2D eigenvalue weighted by atomic mass is 31.1. The van der Waals surface area contributed by atoms with Gasteiger partial charge >= 0.3 is 26.1 Å². The minimum Gasteiger partial charge on any atom is -0.482 e. The molecule has 1 heterocycles. The van der Waals surface area contributed by atoms with Crippen LogP contribution in [0.3, 0.4) is 0 Å². The second kappa shape index (κ2) is 8.13. The number of ether oxygens (including phenoxy) is 1. The molecule has 0 N–H and O–H groups in total. The molecule has 10 heteroatoms. The predicted octanol–water partition coefficient (Wildman–Crippen LogP) is 6.42. The normalized spacial score (nSPS) is 20.4. The maximum atomic E-state index is 11.1. The van der Waals surface area contributed by atoms with E-state index >= 15 is 0 Å². The highest BCUT2D eigenvalue weighted by Crippen LogP contribution is 2.52. The largest absolute Gasteiger partial charge is 0.482 e. The fourth-order valence-corrected chi connectivity index (χ4v) is 4.40. The molecule has 0 fully saturated rings. The van der Waals surface area contributed by atoms with Crippen LogP contribution in [0.25, 0.3) is 0 Å². The van der Waals surface area contributed by atoms with Gasteiger partial charge in [-0.1, -0.05) is 19.9 Å². The van der Waals surface area contributed by atoms with Crippen molar-refractivity contribution in [3.05, 3.63) is 47.5 Å². The van der Waals surface area contributed by atoms with Gasteiger partial charge in [0.05, 0.1) is 0 Å². The molecule has 0 aromatic heterocycles. The van der Waals surface area contributed by atoms with Gasteiger partial charge in [0, 0.05) is 29.7 Å². The third kappa shape index (κ3) is 4.03. The summed E-state index contributed by atoms with van der Waals surface area (Å²) >= 11 is 0. The number of hydrogen-bond donors (Lipinski definition) is 0. The maximum Gasteiger partial charge on any atom is 0.395 e. The van der Waals surface area contributed by atoms with E-state index in [9.17, 15) is 13.7 Å². The van der Waals surface area contributed by atoms with Crippen molar-refractivity contribution < 1.29 is 32.0 Å². The Morgan fingerprint density at radius 3 is 2.00 bits per heavy atom. The fourth-order valence-electron chi connectivity index (χ4n) is 3.77. The highest BCUT2D eigenvalue weighted by molar-refractivity contribution is 7.18. The molecule has 0 bridgehead atoms. The third-order valence-electron chi connectivity index (χ3n) is 4.74. The quantitative estimate of drug-likeness (QED) is 0.461. The van der Waals surface area contributed by atoms with E-state index in [1.165, 1.54) is 6.07 Å². The molecular formula is C18H17O7P3. The molecule has 28 heavy (non-hydrogen) atoms. The number of fused-ring (bicyclic) bond motifs is 1. The number of hydrogen-bond acceptors (Lipinski definition) is 7. The zero-order valence-electron chi connectivity index (χ0n) is 15.4. The molecule has 7 nitrogen and oxygen atoms in total. The van der Waals surface area contributed by atoms with Crippen LogP contribution in [0.4, 0.5) is 0 Å². The molecule has 0 radical (unpaired) electrons. The van der Waals surface area contributed by atoms with Crippen LogP contribution in [-0.2, 0) is 24.7 Å². The van der Waals surface area contributed by atoms with Crippen LogP contribution in [0.15, 0.2) is 36.4 Å². The van der Waals surface area contributed by atoms with Gasteiger partial charge in [0.1, 0.15) is 28.6 Å². The molecule has 1 unspecified atom stereocenters. The van der Waals surface area contributed by atoms with Gasteiger partial charge in [-0.25, -0.2) is 13.7 Å². The van der Waals surface area contributed by atoms with Crippen LogP contribution < -0.4 is 18.3 Å². The first-order valence-electron chi connectivity index (χ1n) is 8.30. The molecule has 2 aromatic rings. The van der Waals surface area contributed by atoms with E-state index in [2.05, 4.69) is 13.8 Å². The Kier molecular flexibility index (Phi) is 6.00. The van der Waals surface area contributed by atoms with Gasteiger partial charge < -0.3 is 18.3 Å². The van der Waals surface area contributed by atoms with Crippen molar-refractivity contribution in [2.75, 3.05) is 0 Å². The lowest BCUT2D eigenvalue weighted by Gasteiger charge is -2.44. The summed E-state index contributed by atoms with van der Waals surface area (Å²) in [6.45, 7) is 6.10. The molecule has 146 valence electrons. The Morgan fingerprint density at radius 2 is 1.39 bits per heavy atom. The first-order valence-corrected chi connectivity index (χ1v) is 10.5. The average molecular weight is 438 g/mol. The second-order valence-corrected chi connectivity index (χ2v) is 8.20. The van der Waals surface area contributed by atoms with Crippen LogP contribution in [0.5, 0.6) is 23.0 Å². The number of rotatable bonds is 7. The van der Waals surface area contributed by atoms with Gasteiger partial charge in [0.15, 0.2) is 0 Å². The van der Waals surface area contributed by atoms with Crippen LogP contribution in [0.1, 0.15) is 38.3 Å². The molecule has 0 saturated heterocycles. The topological polar surface area (TPSA) is 88.1 Å². The van der Waals surface area contributed by atoms with Crippen LogP contribution in [-0.4, -0.2) is 0 Å². The standard InChI is InChI=1S/C18H17O7P3/c1-17(2)10-18(3,22-15-8-11(23-26-19)4-6-13(15)17)14-7-5-12(24-27-20)9-16(14)25-28-21/h4-9H,10H2,1-3H3. The molecule has 0 spiro atoms. The van der Waals surface area contributed by atoms with E-state index in [4.69, 9.17) is 18.3 Å². The summed E-state index contributed by atoms with van der Waals surface area (Å²) in [5, 5.41) is 0. The van der Waals surface area contributed by atoms with Crippen LogP contribution >= 0.6 is 26.1 Å². The van der Waals surface area contributed by atoms with E-state index in [0.29, 0.717) is 35.0 Å². The number of benzene rings is 2. The molecule has 1 atom stereocenters. The SMILES string of the molecule is CC1(C)CC(C)(c2ccc(OP=O)cc2OP=O)Oc2cc(OP=O)ccc21. The van der Waals surface area contributed by atoms with Crippen molar-refractivity contribution in [2.45, 2.75) is 38.2 Å². The lowest BCUT2D eigenvalue weighted by Crippen LogP contribution is -2.41. The van der Waals surface area contributed by atoms with Crippen molar-refractivity contribution >= 4 is 26.1 Å². The first kappa shape index (κ1) is 20.7. The van der Waals surface area contributed by atoms with Gasteiger partial charge in [-0.2, -0.15) is 0 Å². The lowest BCUT2D eigenvalue weighted by atomic mass is 9.71. The van der Waals surface area contributed by atoms with Gasteiger partial charge in [-0.15, -0.1) is 0 Å².